The second-order valence-electron chi connectivity index (χ2n) is 6.61. The molecule has 24 heavy (non-hydrogen) atoms. The predicted octanol–water partition coefficient (Wildman–Crippen LogP) is 3.84. The Morgan fingerprint density at radius 2 is 1.71 bits per heavy atom. The van der Waals surface area contributed by atoms with E-state index in [9.17, 15) is 12.8 Å². The van der Waals surface area contributed by atoms with Gasteiger partial charge in [0.2, 0.25) is 10.0 Å². The number of halogens is 1. The third-order valence-electron chi connectivity index (χ3n) is 5.14. The molecular formula is C19H20FNO2S. The third-order valence-corrected chi connectivity index (χ3v) is 7.04. The normalized spacial score (nSPS) is 21.1. The van der Waals surface area contributed by atoms with E-state index in [-0.39, 0.29) is 11.9 Å². The molecule has 2 aromatic carbocycles. The van der Waals surface area contributed by atoms with Crippen molar-refractivity contribution in [3.8, 4) is 0 Å². The van der Waals surface area contributed by atoms with Gasteiger partial charge in [-0.15, -0.1) is 0 Å². The summed E-state index contributed by atoms with van der Waals surface area (Å²) in [6, 6.07) is 11.5. The molecule has 0 aromatic heterocycles. The van der Waals surface area contributed by atoms with Crippen LogP contribution in [0, 0.1) is 5.82 Å². The minimum Gasteiger partial charge on any atom is -0.207 e. The Hall–Kier alpha value is -1.72. The molecule has 0 bridgehead atoms. The summed E-state index contributed by atoms with van der Waals surface area (Å²) in [5.41, 5.74) is 3.29. The summed E-state index contributed by atoms with van der Waals surface area (Å²) in [4.78, 5) is 0.386. The largest absolute Gasteiger partial charge is 0.243 e. The van der Waals surface area contributed by atoms with E-state index in [1.54, 1.807) is 22.5 Å². The molecule has 0 amide bonds. The van der Waals surface area contributed by atoms with Crippen LogP contribution in [0.15, 0.2) is 47.4 Å². The zero-order chi connectivity index (χ0) is 16.7. The van der Waals surface area contributed by atoms with Gasteiger partial charge in [0.1, 0.15) is 5.82 Å². The van der Waals surface area contributed by atoms with Crippen LogP contribution in [0.1, 0.15) is 42.0 Å². The van der Waals surface area contributed by atoms with Crippen LogP contribution < -0.4 is 0 Å². The first-order chi connectivity index (χ1) is 11.6. The number of benzene rings is 2. The lowest BCUT2D eigenvalue weighted by molar-refractivity contribution is 0.396. The van der Waals surface area contributed by atoms with Crippen molar-refractivity contribution in [2.24, 2.45) is 0 Å². The smallest absolute Gasteiger partial charge is 0.207 e. The van der Waals surface area contributed by atoms with Gasteiger partial charge in [0, 0.05) is 6.54 Å². The molecule has 2 aliphatic rings. The van der Waals surface area contributed by atoms with Crippen molar-refractivity contribution in [1.29, 1.82) is 0 Å². The average Bonchev–Trinajstić information content (AvgIpc) is 3.24. The van der Waals surface area contributed by atoms with Crippen molar-refractivity contribution >= 4 is 10.0 Å². The molecule has 4 rings (SSSR count). The second kappa shape index (κ2) is 5.97. The van der Waals surface area contributed by atoms with Crippen molar-refractivity contribution in [2.45, 2.75) is 43.0 Å². The van der Waals surface area contributed by atoms with E-state index in [2.05, 4.69) is 0 Å². The fraction of sp³-hybridized carbons (Fsp3) is 0.368. The first-order valence-corrected chi connectivity index (χ1v) is 9.89. The monoisotopic (exact) mass is 345 g/mol. The van der Waals surface area contributed by atoms with Gasteiger partial charge in [0.05, 0.1) is 10.9 Å². The van der Waals surface area contributed by atoms with Gasteiger partial charge >= 0.3 is 0 Å². The maximum absolute atomic E-state index is 13.2. The molecule has 0 spiro atoms. The standard InChI is InChI=1S/C19H20FNO2S/c20-17-9-6-15(7-10-17)19-5-2-12-21(19)24(22,23)18-11-8-14-3-1-4-16(14)13-18/h6-11,13,19H,1-5,12H2/t19-/m1/s1. The highest BCUT2D eigenvalue weighted by Gasteiger charge is 2.36. The predicted molar refractivity (Wildman–Crippen MR) is 90.7 cm³/mol. The van der Waals surface area contributed by atoms with Crippen LogP contribution in [0.4, 0.5) is 4.39 Å². The topological polar surface area (TPSA) is 37.4 Å². The Labute approximate surface area is 142 Å². The van der Waals surface area contributed by atoms with E-state index in [0.717, 1.165) is 43.2 Å². The van der Waals surface area contributed by atoms with E-state index in [0.29, 0.717) is 11.4 Å². The molecule has 1 saturated heterocycles. The number of aryl methyl sites for hydroxylation is 2. The van der Waals surface area contributed by atoms with Crippen LogP contribution in [0.5, 0.6) is 0 Å². The Bertz CT molecular complexity index is 861. The third kappa shape index (κ3) is 2.66. The molecule has 126 valence electrons. The second-order valence-corrected chi connectivity index (χ2v) is 8.50. The van der Waals surface area contributed by atoms with Crippen LogP contribution in [-0.2, 0) is 22.9 Å². The molecule has 1 heterocycles. The highest BCUT2D eigenvalue weighted by molar-refractivity contribution is 7.89. The molecule has 0 N–H and O–H groups in total. The lowest BCUT2D eigenvalue weighted by atomic mass is 10.1. The summed E-state index contributed by atoms with van der Waals surface area (Å²) < 4.78 is 41.0. The summed E-state index contributed by atoms with van der Waals surface area (Å²) in [6.07, 6.45) is 4.69. The summed E-state index contributed by atoms with van der Waals surface area (Å²) in [7, 11) is -3.53. The fourth-order valence-corrected chi connectivity index (χ4v) is 5.62. The van der Waals surface area contributed by atoms with Crippen molar-refractivity contribution in [1.82, 2.24) is 4.31 Å². The van der Waals surface area contributed by atoms with Crippen molar-refractivity contribution in [3.63, 3.8) is 0 Å². The summed E-state index contributed by atoms with van der Waals surface area (Å²) >= 11 is 0. The number of hydrogen-bond donors (Lipinski definition) is 0. The lowest BCUT2D eigenvalue weighted by Crippen LogP contribution is -2.30. The van der Waals surface area contributed by atoms with Crippen LogP contribution in [0.2, 0.25) is 0 Å². The van der Waals surface area contributed by atoms with Gasteiger partial charge in [-0.25, -0.2) is 12.8 Å². The van der Waals surface area contributed by atoms with Gasteiger partial charge in [-0.1, -0.05) is 18.2 Å². The Balaban J connectivity index is 1.69. The average molecular weight is 345 g/mol. The number of hydrogen-bond acceptors (Lipinski definition) is 2. The minimum atomic E-state index is -3.53. The lowest BCUT2D eigenvalue weighted by Gasteiger charge is -2.24. The summed E-state index contributed by atoms with van der Waals surface area (Å²) in [5.74, 6) is -0.301. The van der Waals surface area contributed by atoms with E-state index >= 15 is 0 Å². The van der Waals surface area contributed by atoms with Gasteiger partial charge in [-0.2, -0.15) is 4.31 Å². The summed E-state index contributed by atoms with van der Waals surface area (Å²) in [5, 5.41) is 0. The molecule has 1 atom stereocenters. The Morgan fingerprint density at radius 1 is 0.958 bits per heavy atom. The zero-order valence-electron chi connectivity index (χ0n) is 13.4. The summed E-state index contributed by atoms with van der Waals surface area (Å²) in [6.45, 7) is 0.515. The highest BCUT2D eigenvalue weighted by atomic mass is 32.2. The van der Waals surface area contributed by atoms with Gasteiger partial charge in [-0.05, 0) is 73.1 Å². The van der Waals surface area contributed by atoms with E-state index in [1.165, 1.54) is 17.7 Å². The van der Waals surface area contributed by atoms with Gasteiger partial charge in [0.25, 0.3) is 0 Å². The van der Waals surface area contributed by atoms with Crippen LogP contribution in [0.3, 0.4) is 0 Å². The van der Waals surface area contributed by atoms with Crippen LogP contribution >= 0.6 is 0 Å². The van der Waals surface area contributed by atoms with Gasteiger partial charge < -0.3 is 0 Å². The molecule has 1 fully saturated rings. The minimum absolute atomic E-state index is 0.205. The molecule has 5 heteroatoms. The number of rotatable bonds is 3. The SMILES string of the molecule is O=S(=O)(c1ccc2c(c1)CCC2)N1CCC[C@@H]1c1ccc(F)cc1. The number of fused-ring (bicyclic) bond motifs is 1. The molecule has 0 saturated carbocycles. The molecule has 0 unspecified atom stereocenters. The fourth-order valence-electron chi connectivity index (χ4n) is 3.89. The molecule has 1 aliphatic carbocycles. The zero-order valence-corrected chi connectivity index (χ0v) is 14.2. The molecule has 0 radical (unpaired) electrons. The highest BCUT2D eigenvalue weighted by Crippen LogP contribution is 2.37. The quantitative estimate of drug-likeness (QED) is 0.847. The van der Waals surface area contributed by atoms with Gasteiger partial charge in [-0.3, -0.25) is 0 Å². The molecule has 3 nitrogen and oxygen atoms in total. The van der Waals surface area contributed by atoms with Crippen molar-refractivity contribution in [3.05, 3.63) is 65.0 Å². The van der Waals surface area contributed by atoms with Crippen LogP contribution in [-0.4, -0.2) is 19.3 Å². The molecule has 2 aromatic rings. The maximum Gasteiger partial charge on any atom is 0.243 e. The number of nitrogens with zero attached hydrogens (tertiary/aromatic N) is 1. The first-order valence-electron chi connectivity index (χ1n) is 8.45. The van der Waals surface area contributed by atoms with Crippen molar-refractivity contribution < 1.29 is 12.8 Å². The van der Waals surface area contributed by atoms with Crippen LogP contribution in [0.25, 0.3) is 0 Å². The van der Waals surface area contributed by atoms with E-state index in [4.69, 9.17) is 0 Å². The maximum atomic E-state index is 13.2. The van der Waals surface area contributed by atoms with Gasteiger partial charge in [0.15, 0.2) is 0 Å². The first kappa shape index (κ1) is 15.8. The number of sulfonamides is 1. The molecule has 1 aliphatic heterocycles. The van der Waals surface area contributed by atoms with Crippen molar-refractivity contribution in [2.75, 3.05) is 6.54 Å². The Kier molecular flexibility index (Phi) is 3.93. The van der Waals surface area contributed by atoms with E-state index in [1.807, 2.05) is 12.1 Å². The van der Waals surface area contributed by atoms with E-state index < -0.39 is 10.0 Å². The molecular weight excluding hydrogens is 325 g/mol. The Morgan fingerprint density at radius 3 is 2.50 bits per heavy atom.